The fourth-order valence-corrected chi connectivity index (χ4v) is 4.33. The van der Waals surface area contributed by atoms with Crippen LogP contribution in [0.1, 0.15) is 63.2 Å². The lowest BCUT2D eigenvalue weighted by Crippen LogP contribution is -2.32. The Bertz CT molecular complexity index is 1220. The number of hydrogen-bond acceptors (Lipinski definition) is 8. The molecule has 0 radical (unpaired) electrons. The molecule has 4 rings (SSSR count). The minimum absolute atomic E-state index is 0.580. The number of pyridine rings is 1. The van der Waals surface area contributed by atoms with Gasteiger partial charge in [-0.15, -0.1) is 10.2 Å². The van der Waals surface area contributed by atoms with Crippen molar-refractivity contribution in [1.29, 1.82) is 0 Å². The number of nitrogens with one attached hydrogen (secondary N) is 1. The van der Waals surface area contributed by atoms with Crippen LogP contribution in [0.2, 0.25) is 0 Å². The average Bonchev–Trinajstić information content (AvgIpc) is 3.59. The van der Waals surface area contributed by atoms with E-state index in [1.54, 1.807) is 20.4 Å². The lowest BCUT2D eigenvalue weighted by Gasteiger charge is -2.27. The summed E-state index contributed by atoms with van der Waals surface area (Å²) in [6, 6.07) is 12.1. The van der Waals surface area contributed by atoms with Crippen molar-refractivity contribution in [2.75, 3.05) is 14.2 Å². The van der Waals surface area contributed by atoms with Gasteiger partial charge >= 0.3 is 0 Å². The summed E-state index contributed by atoms with van der Waals surface area (Å²) in [4.78, 5) is 9.46. The number of aromatic nitrogens is 8. The summed E-state index contributed by atoms with van der Waals surface area (Å²) in [6.45, 7) is 4.90. The summed E-state index contributed by atoms with van der Waals surface area (Å²) in [6.07, 6.45) is 7.56. The lowest BCUT2D eigenvalue weighted by atomic mass is 10.0. The predicted octanol–water partition coefficient (Wildman–Crippen LogP) is 4.55. The van der Waals surface area contributed by atoms with Crippen LogP contribution in [0.25, 0.3) is 22.6 Å². The van der Waals surface area contributed by atoms with Crippen molar-refractivity contribution in [3.63, 3.8) is 0 Å². The first kappa shape index (κ1) is 25.6. The molecule has 0 amide bonds. The van der Waals surface area contributed by atoms with E-state index in [-0.39, 0.29) is 0 Å². The fraction of sp³-hybridized carbons (Fsp3) is 0.462. The average molecular weight is 491 g/mol. The number of hydrogen-bond donors (Lipinski definition) is 1. The third kappa shape index (κ3) is 5.50. The highest BCUT2D eigenvalue weighted by Crippen LogP contribution is 2.30. The maximum Gasteiger partial charge on any atom is 0.231 e. The highest BCUT2D eigenvalue weighted by atomic mass is 16.7. The SMILES string of the molecule is CCCCCc1nc(C(CCC)(OC)OC)nn1Cc1ccc(-c2ncccc2-c2nnn[nH]2)cc1. The van der Waals surface area contributed by atoms with Crippen molar-refractivity contribution in [1.82, 2.24) is 40.4 Å². The van der Waals surface area contributed by atoms with Crippen LogP contribution in [-0.2, 0) is 28.2 Å². The molecule has 0 saturated carbocycles. The Labute approximate surface area is 211 Å². The summed E-state index contributed by atoms with van der Waals surface area (Å²) < 4.78 is 13.5. The highest BCUT2D eigenvalue weighted by molar-refractivity contribution is 5.76. The van der Waals surface area contributed by atoms with Gasteiger partial charge in [0.1, 0.15) is 5.82 Å². The van der Waals surface area contributed by atoms with Gasteiger partial charge in [0, 0.05) is 44.4 Å². The number of nitrogens with zero attached hydrogens (tertiary/aromatic N) is 7. The number of H-pyrrole nitrogens is 1. The Kier molecular flexibility index (Phi) is 8.50. The largest absolute Gasteiger partial charge is 0.347 e. The van der Waals surface area contributed by atoms with E-state index in [1.807, 2.05) is 16.8 Å². The van der Waals surface area contributed by atoms with Gasteiger partial charge in [0.25, 0.3) is 0 Å². The van der Waals surface area contributed by atoms with Crippen molar-refractivity contribution in [3.8, 4) is 22.6 Å². The monoisotopic (exact) mass is 490 g/mol. The molecule has 0 fully saturated rings. The second-order valence-corrected chi connectivity index (χ2v) is 8.72. The normalized spacial score (nSPS) is 11.8. The third-order valence-corrected chi connectivity index (χ3v) is 6.30. The first-order valence-electron chi connectivity index (χ1n) is 12.5. The van der Waals surface area contributed by atoms with Crippen LogP contribution in [0.15, 0.2) is 42.6 Å². The second kappa shape index (κ2) is 12.0. The molecule has 0 atom stereocenters. The van der Waals surface area contributed by atoms with Gasteiger partial charge < -0.3 is 9.47 Å². The number of tetrazole rings is 1. The van der Waals surface area contributed by atoms with Gasteiger partial charge in [-0.3, -0.25) is 4.98 Å². The molecule has 0 aliphatic rings. The smallest absolute Gasteiger partial charge is 0.231 e. The zero-order valence-corrected chi connectivity index (χ0v) is 21.4. The van der Waals surface area contributed by atoms with E-state index in [0.717, 1.165) is 60.3 Å². The van der Waals surface area contributed by atoms with Gasteiger partial charge in [0.2, 0.25) is 11.6 Å². The van der Waals surface area contributed by atoms with E-state index in [4.69, 9.17) is 19.6 Å². The molecule has 0 aliphatic carbocycles. The van der Waals surface area contributed by atoms with Crippen LogP contribution in [0, 0.1) is 0 Å². The van der Waals surface area contributed by atoms with Crippen LogP contribution in [0.5, 0.6) is 0 Å². The number of aromatic amines is 1. The van der Waals surface area contributed by atoms with Crippen LogP contribution in [0.3, 0.4) is 0 Å². The topological polar surface area (TPSA) is 117 Å². The molecule has 36 heavy (non-hydrogen) atoms. The van der Waals surface area contributed by atoms with Gasteiger partial charge in [-0.05, 0) is 34.5 Å². The molecule has 4 aromatic rings. The Balaban J connectivity index is 1.61. The Morgan fingerprint density at radius 1 is 1.00 bits per heavy atom. The summed E-state index contributed by atoms with van der Waals surface area (Å²) in [5.74, 6) is 1.17. The maximum absolute atomic E-state index is 5.78. The number of methoxy groups -OCH3 is 2. The van der Waals surface area contributed by atoms with Crippen LogP contribution in [-0.4, -0.2) is 54.6 Å². The van der Waals surface area contributed by atoms with Crippen LogP contribution < -0.4 is 0 Å². The van der Waals surface area contributed by atoms with Crippen molar-refractivity contribution in [3.05, 3.63) is 59.8 Å². The maximum atomic E-state index is 5.78. The zero-order valence-electron chi connectivity index (χ0n) is 21.4. The van der Waals surface area contributed by atoms with E-state index in [9.17, 15) is 0 Å². The molecule has 0 spiro atoms. The molecule has 0 bridgehead atoms. The van der Waals surface area contributed by atoms with Crippen molar-refractivity contribution in [2.45, 2.75) is 64.7 Å². The van der Waals surface area contributed by atoms with Crippen molar-refractivity contribution >= 4 is 0 Å². The molecule has 1 N–H and O–H groups in total. The number of aryl methyl sites for hydroxylation is 1. The van der Waals surface area contributed by atoms with E-state index >= 15 is 0 Å². The first-order chi connectivity index (χ1) is 17.6. The highest BCUT2D eigenvalue weighted by Gasteiger charge is 2.36. The molecule has 3 heterocycles. The minimum Gasteiger partial charge on any atom is -0.347 e. The van der Waals surface area contributed by atoms with Crippen LogP contribution in [0.4, 0.5) is 0 Å². The van der Waals surface area contributed by atoms with E-state index in [2.05, 4.69) is 63.7 Å². The summed E-state index contributed by atoms with van der Waals surface area (Å²) in [5.41, 5.74) is 3.76. The summed E-state index contributed by atoms with van der Waals surface area (Å²) >= 11 is 0. The number of benzene rings is 1. The first-order valence-corrected chi connectivity index (χ1v) is 12.5. The number of rotatable bonds is 13. The predicted molar refractivity (Wildman–Crippen MR) is 136 cm³/mol. The van der Waals surface area contributed by atoms with Crippen LogP contribution >= 0.6 is 0 Å². The Hall–Kier alpha value is -3.50. The molecular weight excluding hydrogens is 456 g/mol. The lowest BCUT2D eigenvalue weighted by molar-refractivity contribution is -0.225. The van der Waals surface area contributed by atoms with Gasteiger partial charge in [-0.2, -0.15) is 0 Å². The summed E-state index contributed by atoms with van der Waals surface area (Å²) in [5, 5.41) is 19.1. The minimum atomic E-state index is -0.936. The zero-order chi connectivity index (χ0) is 25.4. The van der Waals surface area contributed by atoms with E-state index in [0.29, 0.717) is 24.6 Å². The molecule has 0 saturated heterocycles. The number of unbranched alkanes of at least 4 members (excludes halogenated alkanes) is 2. The van der Waals surface area contributed by atoms with Gasteiger partial charge in [0.15, 0.2) is 5.82 Å². The van der Waals surface area contributed by atoms with E-state index < -0.39 is 5.79 Å². The van der Waals surface area contributed by atoms with Crippen molar-refractivity contribution in [2.24, 2.45) is 0 Å². The molecule has 0 aliphatic heterocycles. The molecule has 10 heteroatoms. The molecular formula is C26H34N8O2. The van der Waals surface area contributed by atoms with Gasteiger partial charge in [0.05, 0.1) is 12.2 Å². The van der Waals surface area contributed by atoms with Crippen molar-refractivity contribution < 1.29 is 9.47 Å². The molecule has 190 valence electrons. The second-order valence-electron chi connectivity index (χ2n) is 8.72. The Morgan fingerprint density at radius 2 is 1.81 bits per heavy atom. The summed E-state index contributed by atoms with van der Waals surface area (Å²) in [7, 11) is 3.30. The van der Waals surface area contributed by atoms with E-state index in [1.165, 1.54) is 0 Å². The van der Waals surface area contributed by atoms with Gasteiger partial charge in [-0.1, -0.05) is 57.4 Å². The molecule has 0 unspecified atom stereocenters. The molecule has 1 aromatic carbocycles. The standard InChI is InChI=1S/C26H34N8O2/c1-5-7-8-11-22-28-25(26(35-3,36-4)16-6-2)31-34(22)18-19-12-14-20(15-13-19)23-21(10-9-17-27-23)24-29-32-33-30-24/h9-10,12-15,17H,5-8,11,16,18H2,1-4H3,(H,29,30,32,33). The fourth-order valence-electron chi connectivity index (χ4n) is 4.33. The Morgan fingerprint density at radius 3 is 2.47 bits per heavy atom. The third-order valence-electron chi connectivity index (χ3n) is 6.30. The quantitative estimate of drug-likeness (QED) is 0.214. The molecule has 10 nitrogen and oxygen atoms in total. The van der Waals surface area contributed by atoms with Gasteiger partial charge in [-0.25, -0.2) is 14.8 Å². The molecule has 3 aromatic heterocycles. The number of ether oxygens (including phenoxy) is 2.